The molecule has 1 saturated carbocycles. The van der Waals surface area contributed by atoms with Gasteiger partial charge in [-0.1, -0.05) is 67.6 Å². The van der Waals surface area contributed by atoms with Gasteiger partial charge in [-0.05, 0) is 48.8 Å². The summed E-state index contributed by atoms with van der Waals surface area (Å²) in [6, 6.07) is 19.3. The lowest BCUT2D eigenvalue weighted by Crippen LogP contribution is -2.60. The predicted octanol–water partition coefficient (Wildman–Crippen LogP) is 3.84. The fourth-order valence-corrected chi connectivity index (χ4v) is 6.79. The zero-order valence-electron chi connectivity index (χ0n) is 20.2. The molecule has 2 heterocycles. The van der Waals surface area contributed by atoms with E-state index in [2.05, 4.69) is 19.2 Å². The van der Waals surface area contributed by atoms with Crippen molar-refractivity contribution in [2.24, 2.45) is 17.8 Å². The zero-order valence-corrected chi connectivity index (χ0v) is 20.2. The van der Waals surface area contributed by atoms with Crippen molar-refractivity contribution in [1.82, 2.24) is 5.32 Å². The Kier molecular flexibility index (Phi) is 6.28. The second-order valence-electron chi connectivity index (χ2n) is 10.4. The molecule has 1 amide bonds. The first-order valence-electron chi connectivity index (χ1n) is 12.5. The van der Waals surface area contributed by atoms with Gasteiger partial charge >= 0.3 is 5.97 Å². The van der Waals surface area contributed by atoms with Crippen LogP contribution in [0.2, 0.25) is 0 Å². The molecule has 1 aliphatic carbocycles. The molecule has 6 heteroatoms. The monoisotopic (exact) mass is 475 g/mol. The Morgan fingerprint density at radius 3 is 2.49 bits per heavy atom. The molecular weight excluding hydrogens is 442 g/mol. The first-order chi connectivity index (χ1) is 16.9. The van der Waals surface area contributed by atoms with Crippen LogP contribution in [0.1, 0.15) is 44.2 Å². The number of hydrogen-bond acceptors (Lipinski definition) is 5. The summed E-state index contributed by atoms with van der Waals surface area (Å²) < 4.78 is 13.3. The molecule has 0 radical (unpaired) electrons. The van der Waals surface area contributed by atoms with Crippen molar-refractivity contribution in [3.05, 3.63) is 77.9 Å². The Hall–Kier alpha value is -2.96. The van der Waals surface area contributed by atoms with Crippen molar-refractivity contribution in [3.8, 4) is 0 Å². The summed E-state index contributed by atoms with van der Waals surface area (Å²) in [5.74, 6) is -0.259. The molecule has 35 heavy (non-hydrogen) atoms. The van der Waals surface area contributed by atoms with E-state index in [1.807, 2.05) is 60.7 Å². The highest BCUT2D eigenvalue weighted by molar-refractivity contribution is 5.87. The normalized spacial score (nSPS) is 35.6. The number of fused-ring (bicyclic) bond motifs is 4. The van der Waals surface area contributed by atoms with E-state index >= 15 is 0 Å². The van der Waals surface area contributed by atoms with Crippen LogP contribution < -0.4 is 5.32 Å². The number of aliphatic hydroxyl groups is 1. The van der Waals surface area contributed by atoms with E-state index in [1.54, 1.807) is 6.08 Å². The SMILES string of the molecule is C[C@@H]1CC[C@@H]2C1[C@H](OC(=O)/C=C/c1ccccc1)[C@]1(c3ccccc3)C[C@@H](NC(=O)CO)[C@@]2(C)O1. The third-order valence-corrected chi connectivity index (χ3v) is 8.40. The quantitative estimate of drug-likeness (QED) is 0.490. The van der Waals surface area contributed by atoms with Gasteiger partial charge in [0.1, 0.15) is 18.3 Å². The molecule has 0 aromatic heterocycles. The second kappa shape index (κ2) is 9.25. The van der Waals surface area contributed by atoms with Gasteiger partial charge in [-0.25, -0.2) is 4.79 Å². The molecule has 184 valence electrons. The van der Waals surface area contributed by atoms with Gasteiger partial charge in [-0.15, -0.1) is 0 Å². The maximum absolute atomic E-state index is 13.1. The van der Waals surface area contributed by atoms with E-state index in [4.69, 9.17) is 9.47 Å². The molecule has 2 saturated heterocycles. The molecule has 5 rings (SSSR count). The van der Waals surface area contributed by atoms with Crippen LogP contribution in [0.25, 0.3) is 6.08 Å². The van der Waals surface area contributed by atoms with E-state index in [1.165, 1.54) is 6.08 Å². The average molecular weight is 476 g/mol. The van der Waals surface area contributed by atoms with Crippen molar-refractivity contribution >= 4 is 18.0 Å². The number of benzene rings is 2. The van der Waals surface area contributed by atoms with Crippen LogP contribution in [0.3, 0.4) is 0 Å². The van der Waals surface area contributed by atoms with Crippen molar-refractivity contribution in [1.29, 1.82) is 0 Å². The number of carbonyl (C=O) groups is 2. The van der Waals surface area contributed by atoms with E-state index < -0.39 is 35.8 Å². The van der Waals surface area contributed by atoms with Crippen molar-refractivity contribution in [3.63, 3.8) is 0 Å². The first kappa shape index (κ1) is 23.8. The second-order valence-corrected chi connectivity index (χ2v) is 10.4. The van der Waals surface area contributed by atoms with Gasteiger partial charge in [-0.3, -0.25) is 4.79 Å². The molecule has 6 nitrogen and oxygen atoms in total. The maximum atomic E-state index is 13.1. The van der Waals surface area contributed by atoms with E-state index in [9.17, 15) is 14.7 Å². The van der Waals surface area contributed by atoms with Gasteiger partial charge in [0, 0.05) is 18.4 Å². The van der Waals surface area contributed by atoms with Crippen LogP contribution in [-0.4, -0.2) is 41.3 Å². The molecule has 2 aromatic rings. The van der Waals surface area contributed by atoms with Crippen LogP contribution in [0.4, 0.5) is 0 Å². The van der Waals surface area contributed by atoms with Gasteiger partial charge in [0.15, 0.2) is 0 Å². The first-order valence-corrected chi connectivity index (χ1v) is 12.5. The van der Waals surface area contributed by atoms with E-state index in [0.29, 0.717) is 12.3 Å². The van der Waals surface area contributed by atoms with Gasteiger partial charge < -0.3 is 19.9 Å². The number of aliphatic hydroxyl groups excluding tert-OH is 1. The molecule has 2 bridgehead atoms. The summed E-state index contributed by atoms with van der Waals surface area (Å²) in [5.41, 5.74) is 0.349. The van der Waals surface area contributed by atoms with Crippen molar-refractivity contribution < 1.29 is 24.2 Å². The molecule has 1 unspecified atom stereocenters. The topological polar surface area (TPSA) is 84.9 Å². The standard InChI is InChI=1S/C29H33NO5/c1-19-13-15-22-26(19)27(34-25(33)16-14-20-9-5-3-6-10-20)29(21-11-7-4-8-12-21)17-23(28(22,2)35-29)30-24(32)18-31/h3-12,14,16,19,22-23,26-27,31H,13,15,17-18H2,1-2H3,(H,30,32)/b16-14+/t19-,22-,23-,26?,27+,28+,29-/m1/s1. The molecule has 7 atom stereocenters. The molecule has 3 fully saturated rings. The molecule has 0 spiro atoms. The average Bonchev–Trinajstić information content (AvgIpc) is 3.39. The third-order valence-electron chi connectivity index (χ3n) is 8.40. The van der Waals surface area contributed by atoms with Crippen LogP contribution in [-0.2, 0) is 24.7 Å². The summed E-state index contributed by atoms with van der Waals surface area (Å²) in [4.78, 5) is 25.4. The van der Waals surface area contributed by atoms with Crippen molar-refractivity contribution in [2.75, 3.05) is 6.61 Å². The molecule has 3 aliphatic rings. The highest BCUT2D eigenvalue weighted by Gasteiger charge is 2.71. The lowest BCUT2D eigenvalue weighted by Gasteiger charge is -2.51. The Morgan fingerprint density at radius 2 is 1.80 bits per heavy atom. The number of ether oxygens (including phenoxy) is 2. The molecular formula is C29H33NO5. The number of carbonyl (C=O) groups excluding carboxylic acids is 2. The summed E-state index contributed by atoms with van der Waals surface area (Å²) >= 11 is 0. The van der Waals surface area contributed by atoms with Crippen LogP contribution in [0.5, 0.6) is 0 Å². The predicted molar refractivity (Wildman–Crippen MR) is 132 cm³/mol. The van der Waals surface area contributed by atoms with Gasteiger partial charge in [0.25, 0.3) is 0 Å². The smallest absolute Gasteiger partial charge is 0.331 e. The lowest BCUT2D eigenvalue weighted by atomic mass is 9.70. The molecule has 2 N–H and O–H groups in total. The fourth-order valence-electron chi connectivity index (χ4n) is 6.79. The minimum absolute atomic E-state index is 0.0964. The summed E-state index contributed by atoms with van der Waals surface area (Å²) in [6.07, 6.45) is 5.17. The lowest BCUT2D eigenvalue weighted by molar-refractivity contribution is -0.251. The van der Waals surface area contributed by atoms with Gasteiger partial charge in [-0.2, -0.15) is 0 Å². The number of hydrogen-bond donors (Lipinski definition) is 2. The number of esters is 1. The maximum Gasteiger partial charge on any atom is 0.331 e. The highest BCUT2D eigenvalue weighted by Crippen LogP contribution is 2.63. The highest BCUT2D eigenvalue weighted by atomic mass is 16.6. The van der Waals surface area contributed by atoms with E-state index in [0.717, 1.165) is 24.0 Å². The van der Waals surface area contributed by atoms with Crippen molar-refractivity contribution in [2.45, 2.75) is 56.5 Å². The number of nitrogens with one attached hydrogen (secondary N) is 1. The Morgan fingerprint density at radius 1 is 1.11 bits per heavy atom. The summed E-state index contributed by atoms with van der Waals surface area (Å²) in [5, 5.41) is 12.4. The summed E-state index contributed by atoms with van der Waals surface area (Å²) in [7, 11) is 0. The van der Waals surface area contributed by atoms with Gasteiger partial charge in [0.05, 0.1) is 11.6 Å². The largest absolute Gasteiger partial charge is 0.455 e. The number of amides is 1. The van der Waals surface area contributed by atoms with Crippen LogP contribution >= 0.6 is 0 Å². The van der Waals surface area contributed by atoms with Crippen LogP contribution in [0.15, 0.2) is 66.7 Å². The molecule has 2 aliphatic heterocycles. The van der Waals surface area contributed by atoms with Gasteiger partial charge in [0.2, 0.25) is 5.91 Å². The Bertz CT molecular complexity index is 1100. The van der Waals surface area contributed by atoms with Crippen LogP contribution in [0, 0.1) is 17.8 Å². The Labute approximate surface area is 206 Å². The minimum Gasteiger partial charge on any atom is -0.455 e. The zero-order chi connectivity index (χ0) is 24.6. The van der Waals surface area contributed by atoms with E-state index in [-0.39, 0.29) is 17.9 Å². The number of rotatable bonds is 6. The minimum atomic E-state index is -0.889. The molecule has 2 aromatic carbocycles. The fraction of sp³-hybridized carbons (Fsp3) is 0.448. The third kappa shape index (κ3) is 4.09. The summed E-state index contributed by atoms with van der Waals surface area (Å²) in [6.45, 7) is 3.72. The Balaban J connectivity index is 1.54.